The van der Waals surface area contributed by atoms with Crippen LogP contribution in [0.2, 0.25) is 0 Å². The van der Waals surface area contributed by atoms with Gasteiger partial charge in [0.05, 0.1) is 11.0 Å². The normalized spacial score (nSPS) is 15.9. The van der Waals surface area contributed by atoms with Crippen molar-refractivity contribution in [1.82, 2.24) is 19.7 Å². The number of aromatic nitrogens is 3. The molecule has 0 saturated carbocycles. The summed E-state index contributed by atoms with van der Waals surface area (Å²) < 4.78 is 2.03. The summed E-state index contributed by atoms with van der Waals surface area (Å²) in [5, 5.41) is 2.99. The number of fused-ring (bicyclic) bond motifs is 3. The number of amides is 1. The summed E-state index contributed by atoms with van der Waals surface area (Å²) in [7, 11) is 0. The van der Waals surface area contributed by atoms with Gasteiger partial charge in [0.25, 0.3) is 0 Å². The predicted octanol–water partition coefficient (Wildman–Crippen LogP) is 3.01. The van der Waals surface area contributed by atoms with Crippen molar-refractivity contribution in [1.29, 1.82) is 0 Å². The van der Waals surface area contributed by atoms with E-state index in [9.17, 15) is 4.79 Å². The number of carbonyl (C=O) groups excluding carboxylic acids is 1. The Kier molecular flexibility index (Phi) is 4.49. The van der Waals surface area contributed by atoms with Crippen molar-refractivity contribution >= 4 is 28.5 Å². The molecule has 136 valence electrons. The third kappa shape index (κ3) is 3.36. The Morgan fingerprint density at radius 3 is 2.73 bits per heavy atom. The molecular weight excluding hydrogens is 326 g/mol. The number of hydrogen-bond acceptors (Lipinski definition) is 4. The number of nitrogens with zero attached hydrogens (tertiary/aromatic N) is 4. The molecule has 1 amide bonds. The topological polar surface area (TPSA) is 62.5 Å². The lowest BCUT2D eigenvalue weighted by molar-refractivity contribution is -0.122. The summed E-state index contributed by atoms with van der Waals surface area (Å²) in [5.74, 6) is 2.34. The van der Waals surface area contributed by atoms with E-state index in [1.807, 2.05) is 36.4 Å². The first kappa shape index (κ1) is 16.8. The Morgan fingerprint density at radius 1 is 1.19 bits per heavy atom. The van der Waals surface area contributed by atoms with E-state index in [0.717, 1.165) is 48.6 Å². The molecule has 3 heterocycles. The lowest BCUT2D eigenvalue weighted by atomic mass is 9.93. The number of piperidine rings is 1. The van der Waals surface area contributed by atoms with Gasteiger partial charge < -0.3 is 10.2 Å². The summed E-state index contributed by atoms with van der Waals surface area (Å²) in [5.41, 5.74) is 2.04. The Labute approximate surface area is 153 Å². The number of imidazole rings is 1. The van der Waals surface area contributed by atoms with Crippen molar-refractivity contribution in [2.24, 2.45) is 5.92 Å². The molecule has 1 aromatic carbocycles. The molecule has 3 aromatic rings. The molecule has 1 saturated heterocycles. The van der Waals surface area contributed by atoms with Gasteiger partial charge >= 0.3 is 0 Å². The molecule has 0 bridgehead atoms. The Bertz CT molecular complexity index is 924. The zero-order valence-corrected chi connectivity index (χ0v) is 15.4. The maximum atomic E-state index is 12.0. The first-order chi connectivity index (χ1) is 12.6. The zero-order valence-electron chi connectivity index (χ0n) is 15.4. The van der Waals surface area contributed by atoms with E-state index in [0.29, 0.717) is 12.3 Å². The largest absolute Gasteiger partial charge is 0.356 e. The number of carbonyl (C=O) groups is 1. The van der Waals surface area contributed by atoms with Crippen molar-refractivity contribution < 1.29 is 4.79 Å². The average Bonchev–Trinajstić information content (AvgIpc) is 2.99. The lowest BCUT2D eigenvalue weighted by Gasteiger charge is -2.32. The van der Waals surface area contributed by atoms with Crippen LogP contribution >= 0.6 is 0 Å². The van der Waals surface area contributed by atoms with Crippen molar-refractivity contribution in [3.05, 3.63) is 36.5 Å². The van der Waals surface area contributed by atoms with Gasteiger partial charge in [-0.25, -0.2) is 4.98 Å². The molecule has 0 spiro atoms. The third-order valence-electron chi connectivity index (χ3n) is 5.03. The van der Waals surface area contributed by atoms with Crippen LogP contribution in [0.15, 0.2) is 36.5 Å². The number of para-hydroxylation sites is 2. The summed E-state index contributed by atoms with van der Waals surface area (Å²) in [6, 6.07) is 10.4. The molecule has 0 radical (unpaired) electrons. The standard InChI is InChI=1S/C20H25N5O/c1-14(2)21-19(26)13-15-7-10-24(11-8-15)18-9-12-25-17-6-4-3-5-16(17)22-20(25)23-18/h3-6,9,12,14-15H,7-8,10-11,13H2,1-2H3,(H,21,26). The molecule has 1 aliphatic rings. The van der Waals surface area contributed by atoms with E-state index in [1.54, 1.807) is 0 Å². The quantitative estimate of drug-likeness (QED) is 0.785. The fourth-order valence-corrected chi connectivity index (χ4v) is 3.72. The average molecular weight is 351 g/mol. The van der Waals surface area contributed by atoms with Crippen LogP contribution < -0.4 is 10.2 Å². The highest BCUT2D eigenvalue weighted by Crippen LogP contribution is 2.25. The molecule has 0 aliphatic carbocycles. The predicted molar refractivity (Wildman–Crippen MR) is 103 cm³/mol. The van der Waals surface area contributed by atoms with Crippen molar-refractivity contribution in [2.45, 2.75) is 39.2 Å². The zero-order chi connectivity index (χ0) is 18.1. The second-order valence-electron chi connectivity index (χ2n) is 7.41. The van der Waals surface area contributed by atoms with E-state index >= 15 is 0 Å². The van der Waals surface area contributed by atoms with Crippen LogP contribution in [-0.2, 0) is 4.79 Å². The molecule has 0 unspecified atom stereocenters. The molecule has 1 N–H and O–H groups in total. The van der Waals surface area contributed by atoms with Gasteiger partial charge in [-0.05, 0) is 50.8 Å². The van der Waals surface area contributed by atoms with Gasteiger partial charge in [0, 0.05) is 31.7 Å². The minimum absolute atomic E-state index is 0.169. The third-order valence-corrected chi connectivity index (χ3v) is 5.03. The van der Waals surface area contributed by atoms with Gasteiger partial charge in [-0.2, -0.15) is 4.98 Å². The fraction of sp³-hybridized carbons (Fsp3) is 0.450. The van der Waals surface area contributed by atoms with Crippen LogP contribution in [0.1, 0.15) is 33.1 Å². The highest BCUT2D eigenvalue weighted by molar-refractivity contribution is 5.79. The monoisotopic (exact) mass is 351 g/mol. The van der Waals surface area contributed by atoms with Crippen molar-refractivity contribution in [3.63, 3.8) is 0 Å². The van der Waals surface area contributed by atoms with Gasteiger partial charge in [-0.3, -0.25) is 9.20 Å². The fourth-order valence-electron chi connectivity index (χ4n) is 3.72. The van der Waals surface area contributed by atoms with Gasteiger partial charge in [0.2, 0.25) is 11.7 Å². The Hall–Kier alpha value is -2.63. The van der Waals surface area contributed by atoms with E-state index in [2.05, 4.69) is 33.5 Å². The smallest absolute Gasteiger partial charge is 0.236 e. The van der Waals surface area contributed by atoms with Crippen LogP contribution in [0.25, 0.3) is 16.8 Å². The number of rotatable bonds is 4. The summed E-state index contributed by atoms with van der Waals surface area (Å²) in [6.07, 6.45) is 4.73. The SMILES string of the molecule is CC(C)NC(=O)CC1CCN(c2ccn3c(n2)nc2ccccc23)CC1. The molecule has 1 aliphatic heterocycles. The maximum Gasteiger partial charge on any atom is 0.236 e. The van der Waals surface area contributed by atoms with Gasteiger partial charge in [-0.15, -0.1) is 0 Å². The highest BCUT2D eigenvalue weighted by Gasteiger charge is 2.23. The van der Waals surface area contributed by atoms with Crippen LogP contribution in [0.5, 0.6) is 0 Å². The minimum Gasteiger partial charge on any atom is -0.356 e. The van der Waals surface area contributed by atoms with Gasteiger partial charge in [0.15, 0.2) is 0 Å². The van der Waals surface area contributed by atoms with E-state index in [1.165, 1.54) is 0 Å². The first-order valence-corrected chi connectivity index (χ1v) is 9.38. The second kappa shape index (κ2) is 6.94. The van der Waals surface area contributed by atoms with Crippen LogP contribution in [-0.4, -0.2) is 39.4 Å². The molecule has 1 fully saturated rings. The molecule has 6 nitrogen and oxygen atoms in total. The number of anilines is 1. The van der Waals surface area contributed by atoms with Crippen molar-refractivity contribution in [3.8, 4) is 0 Å². The van der Waals surface area contributed by atoms with Gasteiger partial charge in [-0.1, -0.05) is 12.1 Å². The van der Waals surface area contributed by atoms with E-state index < -0.39 is 0 Å². The van der Waals surface area contributed by atoms with Crippen LogP contribution in [0.3, 0.4) is 0 Å². The van der Waals surface area contributed by atoms with E-state index in [4.69, 9.17) is 4.98 Å². The lowest BCUT2D eigenvalue weighted by Crippen LogP contribution is -2.37. The molecule has 4 rings (SSSR count). The summed E-state index contributed by atoms with van der Waals surface area (Å²) in [4.78, 5) is 23.6. The van der Waals surface area contributed by atoms with E-state index in [-0.39, 0.29) is 11.9 Å². The molecule has 6 heteroatoms. The van der Waals surface area contributed by atoms with Crippen LogP contribution in [0, 0.1) is 5.92 Å². The Morgan fingerprint density at radius 2 is 1.96 bits per heavy atom. The van der Waals surface area contributed by atoms with Crippen molar-refractivity contribution in [2.75, 3.05) is 18.0 Å². The molecule has 26 heavy (non-hydrogen) atoms. The summed E-state index contributed by atoms with van der Waals surface area (Å²) >= 11 is 0. The molecule has 0 atom stereocenters. The Balaban J connectivity index is 1.44. The second-order valence-corrected chi connectivity index (χ2v) is 7.41. The van der Waals surface area contributed by atoms with Gasteiger partial charge in [0.1, 0.15) is 5.82 Å². The van der Waals surface area contributed by atoms with Crippen LogP contribution in [0.4, 0.5) is 5.82 Å². The number of hydrogen-bond donors (Lipinski definition) is 1. The first-order valence-electron chi connectivity index (χ1n) is 9.38. The highest BCUT2D eigenvalue weighted by atomic mass is 16.1. The maximum absolute atomic E-state index is 12.0. The number of nitrogens with one attached hydrogen (secondary N) is 1. The summed E-state index contributed by atoms with van der Waals surface area (Å²) in [6.45, 7) is 5.87. The minimum atomic E-state index is 0.169. The number of benzene rings is 1. The molecular formula is C20H25N5O. The molecule has 2 aromatic heterocycles.